The van der Waals surface area contributed by atoms with Gasteiger partial charge in [-0.15, -0.1) is 11.6 Å². The minimum Gasteiger partial charge on any atom is -0.387 e. The van der Waals surface area contributed by atoms with E-state index in [2.05, 4.69) is 39.3 Å². The summed E-state index contributed by atoms with van der Waals surface area (Å²) in [5.41, 5.74) is 2.31. The molecule has 0 spiro atoms. The van der Waals surface area contributed by atoms with Crippen molar-refractivity contribution in [1.82, 2.24) is 19.5 Å². The average Bonchev–Trinajstić information content (AvgIpc) is 3.25. The normalized spacial score (nSPS) is 25.9. The number of benzene rings is 1. The molecule has 0 radical (unpaired) electrons. The molecular formula is C19H22ClN5O3. The molecule has 0 aliphatic carbocycles. The molecule has 0 unspecified atom stereocenters. The fourth-order valence-electron chi connectivity index (χ4n) is 3.48. The number of aromatic nitrogens is 4. The summed E-state index contributed by atoms with van der Waals surface area (Å²) < 4.78 is 7.30. The highest BCUT2D eigenvalue weighted by molar-refractivity contribution is 6.18. The highest BCUT2D eigenvalue weighted by atomic mass is 35.5. The van der Waals surface area contributed by atoms with Crippen LogP contribution in [-0.2, 0) is 11.2 Å². The van der Waals surface area contributed by atoms with E-state index in [-0.39, 0.29) is 11.9 Å². The summed E-state index contributed by atoms with van der Waals surface area (Å²) in [5, 5.41) is 23.8. The SMILES string of the molecule is C[C@H](Cc1ccccc1)Nc1ncnc2c1ncn2[C@@H]1O[C@H](CCl)[C@@H](O)[C@H]1O. The van der Waals surface area contributed by atoms with Crippen LogP contribution in [0.3, 0.4) is 0 Å². The van der Waals surface area contributed by atoms with Crippen LogP contribution in [0.5, 0.6) is 0 Å². The molecule has 3 N–H and O–H groups in total. The van der Waals surface area contributed by atoms with E-state index in [1.54, 1.807) is 4.57 Å². The molecule has 0 bridgehead atoms. The molecule has 3 heterocycles. The Labute approximate surface area is 167 Å². The van der Waals surface area contributed by atoms with Crippen molar-refractivity contribution >= 4 is 28.6 Å². The Kier molecular flexibility index (Phi) is 5.45. The zero-order chi connectivity index (χ0) is 19.7. The van der Waals surface area contributed by atoms with Gasteiger partial charge in [0.1, 0.15) is 24.6 Å². The van der Waals surface area contributed by atoms with Gasteiger partial charge in [0.05, 0.1) is 12.2 Å². The van der Waals surface area contributed by atoms with Crippen LogP contribution < -0.4 is 5.32 Å². The van der Waals surface area contributed by atoms with Crippen LogP contribution in [0.25, 0.3) is 11.2 Å². The summed E-state index contributed by atoms with van der Waals surface area (Å²) in [7, 11) is 0. The van der Waals surface area contributed by atoms with Crippen LogP contribution in [0, 0.1) is 0 Å². The van der Waals surface area contributed by atoms with Crippen molar-refractivity contribution in [2.45, 2.75) is 43.9 Å². The number of hydrogen-bond donors (Lipinski definition) is 3. The quantitative estimate of drug-likeness (QED) is 0.538. The van der Waals surface area contributed by atoms with E-state index >= 15 is 0 Å². The van der Waals surface area contributed by atoms with Gasteiger partial charge in [0.15, 0.2) is 23.2 Å². The molecule has 9 heteroatoms. The number of rotatable bonds is 6. The minimum absolute atomic E-state index is 0.0835. The van der Waals surface area contributed by atoms with Crippen LogP contribution in [0.1, 0.15) is 18.7 Å². The van der Waals surface area contributed by atoms with E-state index in [1.807, 2.05) is 18.2 Å². The van der Waals surface area contributed by atoms with E-state index in [1.165, 1.54) is 18.2 Å². The molecule has 1 fully saturated rings. The van der Waals surface area contributed by atoms with Gasteiger partial charge in [-0.3, -0.25) is 4.57 Å². The number of nitrogens with zero attached hydrogens (tertiary/aromatic N) is 4. The molecule has 1 saturated heterocycles. The number of hydrogen-bond acceptors (Lipinski definition) is 7. The van der Waals surface area contributed by atoms with Crippen molar-refractivity contribution in [3.63, 3.8) is 0 Å². The fraction of sp³-hybridized carbons (Fsp3) is 0.421. The number of imidazole rings is 1. The molecule has 0 saturated carbocycles. The first-order chi connectivity index (χ1) is 13.6. The monoisotopic (exact) mass is 403 g/mol. The third-order valence-corrected chi connectivity index (χ3v) is 5.19. The second-order valence-electron chi connectivity index (χ2n) is 6.98. The molecule has 1 aromatic carbocycles. The molecule has 1 aliphatic rings. The Hall–Kier alpha value is -2.26. The largest absolute Gasteiger partial charge is 0.387 e. The Morgan fingerprint density at radius 3 is 2.68 bits per heavy atom. The molecular weight excluding hydrogens is 382 g/mol. The second-order valence-corrected chi connectivity index (χ2v) is 7.29. The first-order valence-electron chi connectivity index (χ1n) is 9.14. The number of halogens is 1. The van der Waals surface area contributed by atoms with Gasteiger partial charge in [-0.1, -0.05) is 30.3 Å². The summed E-state index contributed by atoms with van der Waals surface area (Å²) in [6.07, 6.45) is 0.159. The van der Waals surface area contributed by atoms with Gasteiger partial charge < -0.3 is 20.3 Å². The maximum absolute atomic E-state index is 10.3. The van der Waals surface area contributed by atoms with Gasteiger partial charge in [-0.2, -0.15) is 0 Å². The number of fused-ring (bicyclic) bond motifs is 1. The highest BCUT2D eigenvalue weighted by Gasteiger charge is 2.43. The van der Waals surface area contributed by atoms with Crippen LogP contribution in [0.15, 0.2) is 43.0 Å². The predicted octanol–water partition coefficient (Wildman–Crippen LogP) is 1.73. The van der Waals surface area contributed by atoms with Crippen LogP contribution in [0.2, 0.25) is 0 Å². The molecule has 5 atom stereocenters. The lowest BCUT2D eigenvalue weighted by Crippen LogP contribution is -2.32. The third-order valence-electron chi connectivity index (χ3n) is 4.89. The van der Waals surface area contributed by atoms with Gasteiger partial charge >= 0.3 is 0 Å². The third kappa shape index (κ3) is 3.56. The van der Waals surface area contributed by atoms with Gasteiger partial charge in [0.2, 0.25) is 0 Å². The highest BCUT2D eigenvalue weighted by Crippen LogP contribution is 2.32. The minimum atomic E-state index is -1.12. The summed E-state index contributed by atoms with van der Waals surface area (Å²) in [6.45, 7) is 2.07. The zero-order valence-corrected chi connectivity index (χ0v) is 16.1. The van der Waals surface area contributed by atoms with Gasteiger partial charge in [0.25, 0.3) is 0 Å². The second kappa shape index (κ2) is 8.00. The number of anilines is 1. The number of ether oxygens (including phenoxy) is 1. The van der Waals surface area contributed by atoms with Crippen molar-refractivity contribution in [2.24, 2.45) is 0 Å². The van der Waals surface area contributed by atoms with Crippen molar-refractivity contribution in [1.29, 1.82) is 0 Å². The van der Waals surface area contributed by atoms with Gasteiger partial charge in [0, 0.05) is 6.04 Å². The number of alkyl halides is 1. The lowest BCUT2D eigenvalue weighted by molar-refractivity contribution is -0.0291. The van der Waals surface area contributed by atoms with Crippen molar-refractivity contribution < 1.29 is 14.9 Å². The van der Waals surface area contributed by atoms with Crippen LogP contribution >= 0.6 is 11.6 Å². The van der Waals surface area contributed by atoms with Gasteiger partial charge in [-0.05, 0) is 18.9 Å². The van der Waals surface area contributed by atoms with Gasteiger partial charge in [-0.25, -0.2) is 15.0 Å². The standard InChI is InChI=1S/C19H22ClN5O3/c1-11(7-12-5-3-2-4-6-12)24-17-14-18(22-9-21-17)25(10-23-14)19-16(27)15(26)13(8-20)28-19/h2-6,9-11,13,15-16,19,26-27H,7-8H2,1H3,(H,21,22,24)/t11-,13-,15-,16-,19-/m1/s1. The Morgan fingerprint density at radius 1 is 1.18 bits per heavy atom. The van der Waals surface area contributed by atoms with E-state index < -0.39 is 24.5 Å². The van der Waals surface area contributed by atoms with E-state index in [0.717, 1.165) is 6.42 Å². The average molecular weight is 404 g/mol. The first-order valence-corrected chi connectivity index (χ1v) is 9.67. The predicted molar refractivity (Wildman–Crippen MR) is 105 cm³/mol. The molecule has 8 nitrogen and oxygen atoms in total. The summed E-state index contributed by atoms with van der Waals surface area (Å²) in [4.78, 5) is 13.0. The first kappa shape index (κ1) is 19.1. The molecule has 0 amide bonds. The zero-order valence-electron chi connectivity index (χ0n) is 15.3. The number of aliphatic hydroxyl groups is 2. The lowest BCUT2D eigenvalue weighted by atomic mass is 10.1. The van der Waals surface area contributed by atoms with E-state index in [0.29, 0.717) is 17.0 Å². The maximum Gasteiger partial charge on any atom is 0.167 e. The van der Waals surface area contributed by atoms with E-state index in [9.17, 15) is 10.2 Å². The topological polar surface area (TPSA) is 105 Å². The maximum atomic E-state index is 10.3. The van der Waals surface area contributed by atoms with Crippen LogP contribution in [0.4, 0.5) is 5.82 Å². The molecule has 3 aromatic rings. The Bertz CT molecular complexity index is 938. The summed E-state index contributed by atoms with van der Waals surface area (Å²) in [5.74, 6) is 0.689. The molecule has 148 valence electrons. The fourth-order valence-corrected chi connectivity index (χ4v) is 3.74. The van der Waals surface area contributed by atoms with Crippen molar-refractivity contribution in [2.75, 3.05) is 11.2 Å². The van der Waals surface area contributed by atoms with Crippen molar-refractivity contribution in [3.8, 4) is 0 Å². The smallest absolute Gasteiger partial charge is 0.167 e. The molecule has 28 heavy (non-hydrogen) atoms. The summed E-state index contributed by atoms with van der Waals surface area (Å²) >= 11 is 5.81. The number of nitrogens with one attached hydrogen (secondary N) is 1. The molecule has 4 rings (SSSR count). The van der Waals surface area contributed by atoms with E-state index in [4.69, 9.17) is 16.3 Å². The van der Waals surface area contributed by atoms with Crippen molar-refractivity contribution in [3.05, 3.63) is 48.5 Å². The van der Waals surface area contributed by atoms with Crippen LogP contribution in [-0.4, -0.2) is 60.0 Å². The summed E-state index contributed by atoms with van der Waals surface area (Å²) in [6, 6.07) is 10.3. The Balaban J connectivity index is 1.57. The molecule has 1 aliphatic heterocycles. The lowest BCUT2D eigenvalue weighted by Gasteiger charge is -2.17. The Morgan fingerprint density at radius 2 is 1.96 bits per heavy atom. The number of aliphatic hydroxyl groups excluding tert-OH is 2. The molecule has 2 aromatic heterocycles.